The number of benzene rings is 1. The third-order valence-corrected chi connectivity index (χ3v) is 3.77. The van der Waals surface area contributed by atoms with Gasteiger partial charge in [0.15, 0.2) is 0 Å². The molecule has 0 spiro atoms. The summed E-state index contributed by atoms with van der Waals surface area (Å²) in [5.41, 5.74) is 8.16. The van der Waals surface area contributed by atoms with Gasteiger partial charge in [0.05, 0.1) is 12.0 Å². The summed E-state index contributed by atoms with van der Waals surface area (Å²) in [6, 6.07) is 11.2. The molecule has 1 fully saturated rings. The highest BCUT2D eigenvalue weighted by molar-refractivity contribution is 5.27. The lowest BCUT2D eigenvalue weighted by atomic mass is 9.76. The van der Waals surface area contributed by atoms with E-state index in [1.54, 1.807) is 0 Å². The fourth-order valence-corrected chi connectivity index (χ4v) is 2.78. The Labute approximate surface area is 103 Å². The maximum absolute atomic E-state index is 9.20. The van der Waals surface area contributed by atoms with Crippen LogP contribution >= 0.6 is 0 Å². The van der Waals surface area contributed by atoms with Gasteiger partial charge in [0.2, 0.25) is 0 Å². The molecule has 2 atom stereocenters. The zero-order chi connectivity index (χ0) is 12.1. The molecule has 0 aliphatic heterocycles. The fourth-order valence-electron chi connectivity index (χ4n) is 2.78. The van der Waals surface area contributed by atoms with E-state index in [2.05, 4.69) is 30.3 Å². The Hall–Kier alpha value is -1.33. The van der Waals surface area contributed by atoms with Gasteiger partial charge in [0.25, 0.3) is 0 Å². The maximum Gasteiger partial charge on any atom is 0.0662 e. The number of nitrogens with zero attached hydrogens (tertiary/aromatic N) is 1. The van der Waals surface area contributed by atoms with E-state index in [9.17, 15) is 5.26 Å². The van der Waals surface area contributed by atoms with Gasteiger partial charge in [0, 0.05) is 0 Å². The summed E-state index contributed by atoms with van der Waals surface area (Å²) < 4.78 is 0. The van der Waals surface area contributed by atoms with Crippen LogP contribution in [0.1, 0.15) is 42.7 Å². The van der Waals surface area contributed by atoms with E-state index >= 15 is 0 Å². The molecule has 1 aromatic rings. The van der Waals surface area contributed by atoms with Crippen molar-refractivity contribution in [3.8, 4) is 6.07 Å². The molecular weight excluding hydrogens is 208 g/mol. The van der Waals surface area contributed by atoms with E-state index in [4.69, 9.17) is 5.73 Å². The van der Waals surface area contributed by atoms with Crippen molar-refractivity contribution in [2.24, 2.45) is 11.7 Å². The normalized spacial score (nSPS) is 24.2. The standard InChI is InChI=1S/C15H20N2/c16-10-9-12-5-7-13(8-6-12)15-4-2-1-3-14(15)11-17/h5-8,14-15H,1-4,9-10,16H2. The summed E-state index contributed by atoms with van der Waals surface area (Å²) in [6.45, 7) is 0.698. The Morgan fingerprint density at radius 2 is 1.88 bits per heavy atom. The molecule has 2 nitrogen and oxygen atoms in total. The SMILES string of the molecule is N#CC1CCCCC1c1ccc(CCN)cc1. The Kier molecular flexibility index (Phi) is 4.17. The van der Waals surface area contributed by atoms with Gasteiger partial charge < -0.3 is 5.73 Å². The number of hydrogen-bond donors (Lipinski definition) is 1. The summed E-state index contributed by atoms with van der Waals surface area (Å²) >= 11 is 0. The van der Waals surface area contributed by atoms with Crippen LogP contribution in [-0.2, 0) is 6.42 Å². The van der Waals surface area contributed by atoms with Gasteiger partial charge in [-0.05, 0) is 42.9 Å². The second kappa shape index (κ2) is 5.84. The van der Waals surface area contributed by atoms with Gasteiger partial charge in [0.1, 0.15) is 0 Å². The number of rotatable bonds is 3. The van der Waals surface area contributed by atoms with E-state index in [0.29, 0.717) is 12.5 Å². The first kappa shape index (κ1) is 12.1. The van der Waals surface area contributed by atoms with Gasteiger partial charge >= 0.3 is 0 Å². The van der Waals surface area contributed by atoms with Crippen molar-refractivity contribution in [2.75, 3.05) is 6.54 Å². The van der Waals surface area contributed by atoms with E-state index in [0.717, 1.165) is 19.3 Å². The lowest BCUT2D eigenvalue weighted by Crippen LogP contribution is -2.16. The molecule has 2 N–H and O–H groups in total. The summed E-state index contributed by atoms with van der Waals surface area (Å²) in [6.07, 6.45) is 5.63. The van der Waals surface area contributed by atoms with Crippen LogP contribution in [0.3, 0.4) is 0 Å². The summed E-state index contributed by atoms with van der Waals surface area (Å²) in [7, 11) is 0. The molecule has 17 heavy (non-hydrogen) atoms. The third-order valence-electron chi connectivity index (χ3n) is 3.77. The van der Waals surface area contributed by atoms with Crippen molar-refractivity contribution in [3.63, 3.8) is 0 Å². The van der Waals surface area contributed by atoms with Crippen molar-refractivity contribution in [3.05, 3.63) is 35.4 Å². The van der Waals surface area contributed by atoms with Gasteiger partial charge in [-0.25, -0.2) is 0 Å². The molecule has 0 radical (unpaired) electrons. The van der Waals surface area contributed by atoms with Crippen LogP contribution in [0.2, 0.25) is 0 Å². The first-order valence-corrected chi connectivity index (χ1v) is 6.53. The monoisotopic (exact) mass is 228 g/mol. The van der Waals surface area contributed by atoms with E-state index < -0.39 is 0 Å². The molecule has 0 saturated heterocycles. The predicted molar refractivity (Wildman–Crippen MR) is 69.5 cm³/mol. The summed E-state index contributed by atoms with van der Waals surface area (Å²) in [5.74, 6) is 0.657. The zero-order valence-corrected chi connectivity index (χ0v) is 10.2. The molecule has 1 saturated carbocycles. The molecule has 1 aliphatic carbocycles. The van der Waals surface area contributed by atoms with Crippen LogP contribution in [0.15, 0.2) is 24.3 Å². The van der Waals surface area contributed by atoms with E-state index in [1.165, 1.54) is 24.0 Å². The average Bonchev–Trinajstić information content (AvgIpc) is 2.40. The minimum absolute atomic E-state index is 0.212. The molecule has 0 heterocycles. The quantitative estimate of drug-likeness (QED) is 0.864. The Balaban J connectivity index is 2.12. The van der Waals surface area contributed by atoms with Crippen LogP contribution in [0.4, 0.5) is 0 Å². The first-order chi connectivity index (χ1) is 8.35. The van der Waals surface area contributed by atoms with Gasteiger partial charge in [-0.15, -0.1) is 0 Å². The molecule has 2 heteroatoms. The van der Waals surface area contributed by atoms with E-state index in [1.807, 2.05) is 0 Å². The Morgan fingerprint density at radius 1 is 1.18 bits per heavy atom. The van der Waals surface area contributed by atoms with Crippen molar-refractivity contribution >= 4 is 0 Å². The molecule has 0 amide bonds. The maximum atomic E-state index is 9.20. The van der Waals surface area contributed by atoms with Gasteiger partial charge in [-0.3, -0.25) is 0 Å². The fraction of sp³-hybridized carbons (Fsp3) is 0.533. The number of nitriles is 1. The molecule has 0 aromatic heterocycles. The lowest BCUT2D eigenvalue weighted by Gasteiger charge is -2.27. The second-order valence-electron chi connectivity index (χ2n) is 4.91. The van der Waals surface area contributed by atoms with Crippen molar-refractivity contribution in [2.45, 2.75) is 38.0 Å². The Morgan fingerprint density at radius 3 is 2.53 bits per heavy atom. The lowest BCUT2D eigenvalue weighted by molar-refractivity contribution is 0.369. The van der Waals surface area contributed by atoms with Crippen LogP contribution in [0, 0.1) is 17.2 Å². The number of hydrogen-bond acceptors (Lipinski definition) is 2. The number of nitrogens with two attached hydrogens (primary N) is 1. The highest BCUT2D eigenvalue weighted by atomic mass is 14.5. The van der Waals surface area contributed by atoms with Crippen molar-refractivity contribution in [1.82, 2.24) is 0 Å². The minimum Gasteiger partial charge on any atom is -0.330 e. The molecule has 0 bridgehead atoms. The third kappa shape index (κ3) is 2.87. The first-order valence-electron chi connectivity index (χ1n) is 6.53. The zero-order valence-electron chi connectivity index (χ0n) is 10.2. The molecular formula is C15H20N2. The molecule has 2 unspecified atom stereocenters. The minimum atomic E-state index is 0.212. The smallest absolute Gasteiger partial charge is 0.0662 e. The highest BCUT2D eigenvalue weighted by Gasteiger charge is 2.25. The predicted octanol–water partition coefficient (Wildman–Crippen LogP) is 2.99. The van der Waals surface area contributed by atoms with Crippen LogP contribution in [-0.4, -0.2) is 6.54 Å². The van der Waals surface area contributed by atoms with E-state index in [-0.39, 0.29) is 5.92 Å². The van der Waals surface area contributed by atoms with Crippen LogP contribution in [0.5, 0.6) is 0 Å². The topological polar surface area (TPSA) is 49.8 Å². The molecule has 90 valence electrons. The van der Waals surface area contributed by atoms with Crippen molar-refractivity contribution < 1.29 is 0 Å². The molecule has 1 aliphatic rings. The second-order valence-corrected chi connectivity index (χ2v) is 4.91. The Bertz CT molecular complexity index is 388. The highest BCUT2D eigenvalue weighted by Crippen LogP contribution is 2.37. The van der Waals surface area contributed by atoms with Crippen LogP contribution in [0.25, 0.3) is 0 Å². The van der Waals surface area contributed by atoms with Crippen LogP contribution < -0.4 is 5.73 Å². The average molecular weight is 228 g/mol. The van der Waals surface area contributed by atoms with Gasteiger partial charge in [-0.1, -0.05) is 37.1 Å². The van der Waals surface area contributed by atoms with Gasteiger partial charge in [-0.2, -0.15) is 5.26 Å². The van der Waals surface area contributed by atoms with Crippen molar-refractivity contribution in [1.29, 1.82) is 5.26 Å². The largest absolute Gasteiger partial charge is 0.330 e. The molecule has 2 rings (SSSR count). The molecule has 1 aromatic carbocycles. The summed E-state index contributed by atoms with van der Waals surface area (Å²) in [5, 5.41) is 9.20. The summed E-state index contributed by atoms with van der Waals surface area (Å²) in [4.78, 5) is 0.